The molecule has 3 aliphatic carbocycles. The zero-order valence-electron chi connectivity index (χ0n) is 12.5. The predicted molar refractivity (Wildman–Crippen MR) is 74.9 cm³/mol. The third-order valence-corrected chi connectivity index (χ3v) is 6.20. The van der Waals surface area contributed by atoms with E-state index in [9.17, 15) is 17.6 Å². The number of rotatable bonds is 0. The lowest BCUT2D eigenvalue weighted by atomic mass is 9.73. The molecule has 0 radical (unpaired) electrons. The summed E-state index contributed by atoms with van der Waals surface area (Å²) in [4.78, 5) is 0. The van der Waals surface area contributed by atoms with Crippen LogP contribution in [0.15, 0.2) is 24.3 Å². The van der Waals surface area contributed by atoms with Crippen LogP contribution in [0.1, 0.15) is 36.8 Å². The molecule has 4 aliphatic rings. The second-order valence-corrected chi connectivity index (χ2v) is 7.37. The summed E-state index contributed by atoms with van der Waals surface area (Å²) in [5, 5.41) is 0. The van der Waals surface area contributed by atoms with Crippen molar-refractivity contribution < 1.29 is 22.3 Å². The molecule has 1 saturated carbocycles. The van der Waals surface area contributed by atoms with Crippen LogP contribution in [-0.2, 0) is 4.74 Å². The first-order valence-electron chi connectivity index (χ1n) is 7.74. The lowest BCUT2D eigenvalue weighted by Crippen LogP contribution is -2.25. The number of allylic oxidation sites excluding steroid dienone is 4. The first-order valence-corrected chi connectivity index (χ1v) is 7.74. The number of fused-ring (bicyclic) bond motifs is 6. The minimum absolute atomic E-state index is 0.0295. The van der Waals surface area contributed by atoms with E-state index in [1.54, 1.807) is 0 Å². The van der Waals surface area contributed by atoms with Gasteiger partial charge in [-0.25, -0.2) is 17.6 Å². The van der Waals surface area contributed by atoms with Crippen LogP contribution in [0, 0.1) is 35.1 Å². The highest BCUT2D eigenvalue weighted by atomic mass is 19.2. The number of benzene rings is 1. The Morgan fingerprint density at radius 3 is 1.52 bits per heavy atom. The fourth-order valence-corrected chi connectivity index (χ4v) is 5.43. The molecule has 5 heteroatoms. The SMILES string of the molecule is CC1(C)OC12[C@@H]1c3c(F)c(F)c(F)c(F)c3[C@H]2[C@H]2C=CC=C[C@H]21. The number of halogens is 4. The van der Waals surface area contributed by atoms with Crippen molar-refractivity contribution in [1.82, 2.24) is 0 Å². The molecule has 2 fully saturated rings. The first kappa shape index (κ1) is 13.8. The Hall–Kier alpha value is -1.62. The molecule has 1 aliphatic heterocycles. The van der Waals surface area contributed by atoms with Crippen LogP contribution in [0.5, 0.6) is 0 Å². The molecule has 1 heterocycles. The van der Waals surface area contributed by atoms with Gasteiger partial charge in [-0.3, -0.25) is 0 Å². The lowest BCUT2D eigenvalue weighted by molar-refractivity contribution is 0.253. The average Bonchev–Trinajstić information content (AvgIpc) is 2.85. The standard InChI is InChI=1S/C18H14F4O/c1-17(2)18(23-17)11-7-5-3-4-6-8(7)12(18)10-9(11)13(19)15(21)16(22)14(10)20/h3-8,11-12H,1-2H3/t7-,8+,11+,12-,18?. The summed E-state index contributed by atoms with van der Waals surface area (Å²) < 4.78 is 62.6. The van der Waals surface area contributed by atoms with E-state index in [1.807, 2.05) is 38.2 Å². The van der Waals surface area contributed by atoms with Gasteiger partial charge in [0.05, 0.1) is 5.60 Å². The molecule has 1 saturated heterocycles. The smallest absolute Gasteiger partial charge is 0.197 e. The number of hydrogen-bond acceptors (Lipinski definition) is 1. The van der Waals surface area contributed by atoms with E-state index in [-0.39, 0.29) is 23.0 Å². The molecule has 0 aromatic heterocycles. The molecular weight excluding hydrogens is 308 g/mol. The van der Waals surface area contributed by atoms with E-state index < -0.39 is 46.3 Å². The normalized spacial score (nSPS) is 40.6. The Morgan fingerprint density at radius 1 is 0.783 bits per heavy atom. The fraction of sp³-hybridized carbons (Fsp3) is 0.444. The Morgan fingerprint density at radius 2 is 1.17 bits per heavy atom. The summed E-state index contributed by atoms with van der Waals surface area (Å²) >= 11 is 0. The molecule has 0 amide bonds. The third-order valence-electron chi connectivity index (χ3n) is 6.20. The molecular formula is C18H14F4O. The van der Waals surface area contributed by atoms with Gasteiger partial charge < -0.3 is 4.74 Å². The van der Waals surface area contributed by atoms with Gasteiger partial charge in [-0.2, -0.15) is 0 Å². The van der Waals surface area contributed by atoms with E-state index in [0.717, 1.165) is 0 Å². The van der Waals surface area contributed by atoms with Gasteiger partial charge in [-0.1, -0.05) is 24.3 Å². The zero-order valence-corrected chi connectivity index (χ0v) is 12.5. The van der Waals surface area contributed by atoms with Gasteiger partial charge in [-0.15, -0.1) is 0 Å². The number of ether oxygens (including phenoxy) is 1. The van der Waals surface area contributed by atoms with Gasteiger partial charge in [0.15, 0.2) is 23.3 Å². The molecule has 23 heavy (non-hydrogen) atoms. The monoisotopic (exact) mass is 322 g/mol. The molecule has 5 rings (SSSR count). The lowest BCUT2D eigenvalue weighted by Gasteiger charge is -2.30. The van der Waals surface area contributed by atoms with Gasteiger partial charge in [0.1, 0.15) is 5.60 Å². The van der Waals surface area contributed by atoms with Crippen molar-refractivity contribution in [2.24, 2.45) is 11.8 Å². The molecule has 1 aromatic carbocycles. The maximum absolute atomic E-state index is 14.5. The minimum Gasteiger partial charge on any atom is -0.362 e. The van der Waals surface area contributed by atoms with Crippen LogP contribution >= 0.6 is 0 Å². The molecule has 1 nitrogen and oxygen atoms in total. The summed E-state index contributed by atoms with van der Waals surface area (Å²) in [6, 6.07) is 0. The first-order chi connectivity index (χ1) is 10.8. The summed E-state index contributed by atoms with van der Waals surface area (Å²) in [5.74, 6) is -7.14. The molecule has 1 aromatic rings. The minimum atomic E-state index is -1.73. The maximum Gasteiger partial charge on any atom is 0.197 e. The van der Waals surface area contributed by atoms with Crippen molar-refractivity contribution in [2.75, 3.05) is 0 Å². The number of hydrogen-bond donors (Lipinski definition) is 0. The van der Waals surface area contributed by atoms with Crippen LogP contribution in [0.2, 0.25) is 0 Å². The Bertz CT molecular complexity index is 766. The molecule has 5 atom stereocenters. The maximum atomic E-state index is 14.5. The second-order valence-electron chi connectivity index (χ2n) is 7.37. The van der Waals surface area contributed by atoms with Crippen molar-refractivity contribution in [3.05, 3.63) is 58.7 Å². The van der Waals surface area contributed by atoms with Crippen molar-refractivity contribution in [1.29, 1.82) is 0 Å². The molecule has 120 valence electrons. The highest BCUT2D eigenvalue weighted by Crippen LogP contribution is 2.78. The fourth-order valence-electron chi connectivity index (χ4n) is 5.43. The molecule has 1 unspecified atom stereocenters. The van der Waals surface area contributed by atoms with Crippen molar-refractivity contribution in [3.8, 4) is 0 Å². The van der Waals surface area contributed by atoms with Crippen LogP contribution in [0.25, 0.3) is 0 Å². The van der Waals surface area contributed by atoms with Gasteiger partial charge in [-0.05, 0) is 25.7 Å². The summed E-state index contributed by atoms with van der Waals surface area (Å²) in [6.07, 6.45) is 7.60. The highest BCUT2D eigenvalue weighted by molar-refractivity contribution is 5.58. The average molecular weight is 322 g/mol. The topological polar surface area (TPSA) is 12.5 Å². The summed E-state index contributed by atoms with van der Waals surface area (Å²) in [6.45, 7) is 3.73. The van der Waals surface area contributed by atoms with Gasteiger partial charge in [0, 0.05) is 23.0 Å². The largest absolute Gasteiger partial charge is 0.362 e. The van der Waals surface area contributed by atoms with Crippen LogP contribution < -0.4 is 0 Å². The van der Waals surface area contributed by atoms with Crippen molar-refractivity contribution in [2.45, 2.75) is 36.9 Å². The highest BCUT2D eigenvalue weighted by Gasteiger charge is 2.82. The summed E-state index contributed by atoms with van der Waals surface area (Å²) in [5.41, 5.74) is -1.42. The van der Waals surface area contributed by atoms with E-state index in [2.05, 4.69) is 0 Å². The van der Waals surface area contributed by atoms with Gasteiger partial charge >= 0.3 is 0 Å². The molecule has 2 bridgehead atoms. The zero-order chi connectivity index (χ0) is 16.3. The summed E-state index contributed by atoms with van der Waals surface area (Å²) in [7, 11) is 0. The number of epoxide rings is 1. The van der Waals surface area contributed by atoms with E-state index >= 15 is 0 Å². The second kappa shape index (κ2) is 3.72. The van der Waals surface area contributed by atoms with E-state index in [4.69, 9.17) is 4.74 Å². The Balaban J connectivity index is 1.86. The van der Waals surface area contributed by atoms with E-state index in [0.29, 0.717) is 0 Å². The van der Waals surface area contributed by atoms with Gasteiger partial charge in [0.2, 0.25) is 0 Å². The predicted octanol–water partition coefficient (Wildman–Crippen LogP) is 4.34. The van der Waals surface area contributed by atoms with Crippen LogP contribution in [0.4, 0.5) is 17.6 Å². The van der Waals surface area contributed by atoms with E-state index in [1.165, 1.54) is 0 Å². The van der Waals surface area contributed by atoms with Crippen LogP contribution in [0.3, 0.4) is 0 Å². The van der Waals surface area contributed by atoms with Crippen molar-refractivity contribution >= 4 is 0 Å². The quantitative estimate of drug-likeness (QED) is 0.299. The molecule has 1 spiro atoms. The van der Waals surface area contributed by atoms with Crippen LogP contribution in [-0.4, -0.2) is 11.2 Å². The van der Waals surface area contributed by atoms with Crippen molar-refractivity contribution in [3.63, 3.8) is 0 Å². The third kappa shape index (κ3) is 1.24. The Kier molecular flexibility index (Phi) is 2.23. The molecule has 0 N–H and O–H groups in total. The van der Waals surface area contributed by atoms with Gasteiger partial charge in [0.25, 0.3) is 0 Å². The Labute approximate surface area is 130 Å².